The van der Waals surface area contributed by atoms with E-state index in [0.717, 1.165) is 18.4 Å². The molecule has 0 heterocycles. The number of nitrogens with one attached hydrogen (secondary N) is 1. The Hall–Kier alpha value is -0.620. The van der Waals surface area contributed by atoms with E-state index in [9.17, 15) is 8.42 Å². The highest BCUT2D eigenvalue weighted by atomic mass is 35.5. The molecule has 1 aromatic carbocycles. The first-order valence-electron chi connectivity index (χ1n) is 5.79. The molecule has 1 aliphatic rings. The van der Waals surface area contributed by atoms with Crippen LogP contribution < -0.4 is 4.72 Å². The van der Waals surface area contributed by atoms with Gasteiger partial charge in [0.2, 0.25) is 0 Å². The van der Waals surface area contributed by atoms with Crippen LogP contribution in [-0.4, -0.2) is 33.4 Å². The molecule has 0 amide bonds. The molecule has 1 N–H and O–H groups in total. The van der Waals surface area contributed by atoms with Gasteiger partial charge in [0.25, 0.3) is 10.2 Å². The van der Waals surface area contributed by atoms with Crippen LogP contribution >= 0.6 is 11.6 Å². The van der Waals surface area contributed by atoms with Gasteiger partial charge in [-0.1, -0.05) is 23.7 Å². The van der Waals surface area contributed by atoms with Gasteiger partial charge in [-0.05, 0) is 30.5 Å². The van der Waals surface area contributed by atoms with Crippen molar-refractivity contribution in [3.8, 4) is 0 Å². The van der Waals surface area contributed by atoms with E-state index in [0.29, 0.717) is 11.6 Å². The van der Waals surface area contributed by atoms with Gasteiger partial charge >= 0.3 is 0 Å². The summed E-state index contributed by atoms with van der Waals surface area (Å²) in [5, 5.41) is 0.689. The van der Waals surface area contributed by atoms with Crippen molar-refractivity contribution in [2.75, 3.05) is 20.6 Å². The Balaban J connectivity index is 2.10. The minimum absolute atomic E-state index is 0.0754. The molecule has 6 heteroatoms. The molecular formula is C12H17ClN2O2S. The average molecular weight is 289 g/mol. The van der Waals surface area contributed by atoms with E-state index in [1.807, 2.05) is 24.3 Å². The van der Waals surface area contributed by atoms with Crippen molar-refractivity contribution in [3.05, 3.63) is 34.9 Å². The standard InChI is InChI=1S/C12H17ClN2O2S/c1-15(2)18(16,17)14-9-12(6-7-12)10-4-3-5-11(13)8-10/h3-5,8,14H,6-7,9H2,1-2H3. The normalized spacial score (nSPS) is 18.0. The highest BCUT2D eigenvalue weighted by Gasteiger charge is 2.44. The van der Waals surface area contributed by atoms with Gasteiger partial charge in [0.15, 0.2) is 0 Å². The number of benzene rings is 1. The fourth-order valence-corrected chi connectivity index (χ4v) is 2.80. The van der Waals surface area contributed by atoms with Gasteiger partial charge < -0.3 is 0 Å². The summed E-state index contributed by atoms with van der Waals surface area (Å²) in [5.41, 5.74) is 1.03. The number of hydrogen-bond donors (Lipinski definition) is 1. The third kappa shape index (κ3) is 2.85. The molecular weight excluding hydrogens is 272 g/mol. The van der Waals surface area contributed by atoms with Gasteiger partial charge in [-0.3, -0.25) is 0 Å². The fraction of sp³-hybridized carbons (Fsp3) is 0.500. The lowest BCUT2D eigenvalue weighted by molar-refractivity contribution is 0.497. The molecule has 0 atom stereocenters. The van der Waals surface area contributed by atoms with Crippen molar-refractivity contribution in [2.45, 2.75) is 18.3 Å². The molecule has 0 radical (unpaired) electrons. The first kappa shape index (κ1) is 13.8. The van der Waals surface area contributed by atoms with Crippen molar-refractivity contribution >= 4 is 21.8 Å². The van der Waals surface area contributed by atoms with Crippen molar-refractivity contribution in [3.63, 3.8) is 0 Å². The van der Waals surface area contributed by atoms with Gasteiger partial charge in [-0.25, -0.2) is 4.72 Å². The summed E-state index contributed by atoms with van der Waals surface area (Å²) in [5.74, 6) is 0. The van der Waals surface area contributed by atoms with Crippen LogP contribution in [0.25, 0.3) is 0 Å². The highest BCUT2D eigenvalue weighted by molar-refractivity contribution is 7.87. The number of hydrogen-bond acceptors (Lipinski definition) is 2. The lowest BCUT2D eigenvalue weighted by Crippen LogP contribution is -2.39. The quantitative estimate of drug-likeness (QED) is 0.898. The van der Waals surface area contributed by atoms with Crippen LogP contribution in [0, 0.1) is 0 Å². The molecule has 2 rings (SSSR count). The zero-order valence-electron chi connectivity index (χ0n) is 10.5. The minimum Gasteiger partial charge on any atom is -0.201 e. The number of rotatable bonds is 5. The van der Waals surface area contributed by atoms with Gasteiger partial charge in [-0.2, -0.15) is 12.7 Å². The Morgan fingerprint density at radius 3 is 2.56 bits per heavy atom. The first-order chi connectivity index (χ1) is 8.36. The molecule has 1 fully saturated rings. The molecule has 1 aromatic rings. The summed E-state index contributed by atoms with van der Waals surface area (Å²) in [7, 11) is -0.329. The topological polar surface area (TPSA) is 49.4 Å². The Morgan fingerprint density at radius 2 is 2.06 bits per heavy atom. The van der Waals surface area contributed by atoms with Crippen LogP contribution in [0.5, 0.6) is 0 Å². The summed E-state index contributed by atoms with van der Waals surface area (Å²) in [6.45, 7) is 0.424. The Labute approximate surface area is 113 Å². The van der Waals surface area contributed by atoms with E-state index in [2.05, 4.69) is 4.72 Å². The summed E-state index contributed by atoms with van der Waals surface area (Å²) >= 11 is 5.97. The Bertz CT molecular complexity index is 539. The van der Waals surface area contributed by atoms with Crippen LogP contribution in [0.15, 0.2) is 24.3 Å². The molecule has 0 unspecified atom stereocenters. The second-order valence-corrected chi connectivity index (χ2v) is 7.30. The summed E-state index contributed by atoms with van der Waals surface area (Å²) in [4.78, 5) is 0. The van der Waals surface area contributed by atoms with Crippen LogP contribution in [0.3, 0.4) is 0 Å². The van der Waals surface area contributed by atoms with Crippen LogP contribution in [-0.2, 0) is 15.6 Å². The third-order valence-electron chi connectivity index (χ3n) is 3.36. The number of nitrogens with zero attached hydrogens (tertiary/aromatic N) is 1. The smallest absolute Gasteiger partial charge is 0.201 e. The molecule has 100 valence electrons. The predicted molar refractivity (Wildman–Crippen MR) is 73.0 cm³/mol. The van der Waals surface area contributed by atoms with E-state index in [-0.39, 0.29) is 5.41 Å². The Morgan fingerprint density at radius 1 is 1.39 bits per heavy atom. The van der Waals surface area contributed by atoms with Crippen LogP contribution in [0.1, 0.15) is 18.4 Å². The second-order valence-electron chi connectivity index (χ2n) is 4.90. The maximum absolute atomic E-state index is 11.7. The molecule has 1 aliphatic carbocycles. The average Bonchev–Trinajstić information content (AvgIpc) is 3.07. The molecule has 0 aromatic heterocycles. The van der Waals surface area contributed by atoms with Crippen molar-refractivity contribution in [1.29, 1.82) is 0 Å². The van der Waals surface area contributed by atoms with E-state index in [4.69, 9.17) is 11.6 Å². The molecule has 1 saturated carbocycles. The SMILES string of the molecule is CN(C)S(=O)(=O)NCC1(c2cccc(Cl)c2)CC1. The van der Waals surface area contributed by atoms with Crippen molar-refractivity contribution in [1.82, 2.24) is 9.03 Å². The summed E-state index contributed by atoms with van der Waals surface area (Å²) in [6, 6.07) is 7.64. The highest BCUT2D eigenvalue weighted by Crippen LogP contribution is 2.48. The lowest BCUT2D eigenvalue weighted by Gasteiger charge is -2.19. The van der Waals surface area contributed by atoms with Gasteiger partial charge in [0.05, 0.1) is 0 Å². The molecule has 4 nitrogen and oxygen atoms in total. The minimum atomic E-state index is -3.36. The monoisotopic (exact) mass is 288 g/mol. The maximum Gasteiger partial charge on any atom is 0.278 e. The molecule has 0 saturated heterocycles. The summed E-state index contributed by atoms with van der Waals surface area (Å²) in [6.07, 6.45) is 1.98. The zero-order chi connectivity index (χ0) is 13.4. The van der Waals surface area contributed by atoms with Crippen LogP contribution in [0.4, 0.5) is 0 Å². The molecule has 0 aliphatic heterocycles. The van der Waals surface area contributed by atoms with E-state index < -0.39 is 10.2 Å². The van der Waals surface area contributed by atoms with Crippen molar-refractivity contribution in [2.24, 2.45) is 0 Å². The second kappa shape index (κ2) is 4.81. The largest absolute Gasteiger partial charge is 0.278 e. The molecule has 18 heavy (non-hydrogen) atoms. The van der Waals surface area contributed by atoms with E-state index in [1.54, 1.807) is 0 Å². The maximum atomic E-state index is 11.7. The third-order valence-corrected chi connectivity index (χ3v) is 5.07. The molecule has 0 bridgehead atoms. The van der Waals surface area contributed by atoms with E-state index >= 15 is 0 Å². The van der Waals surface area contributed by atoms with Crippen LogP contribution in [0.2, 0.25) is 5.02 Å². The van der Waals surface area contributed by atoms with Gasteiger partial charge in [0, 0.05) is 31.1 Å². The fourth-order valence-electron chi connectivity index (χ4n) is 1.90. The van der Waals surface area contributed by atoms with Gasteiger partial charge in [0.1, 0.15) is 0 Å². The lowest BCUT2D eigenvalue weighted by atomic mass is 9.96. The van der Waals surface area contributed by atoms with Gasteiger partial charge in [-0.15, -0.1) is 0 Å². The zero-order valence-corrected chi connectivity index (χ0v) is 12.1. The van der Waals surface area contributed by atoms with Crippen molar-refractivity contribution < 1.29 is 8.42 Å². The number of halogens is 1. The summed E-state index contributed by atoms with van der Waals surface area (Å²) < 4.78 is 27.2. The predicted octanol–water partition coefficient (Wildman–Crippen LogP) is 1.77. The molecule has 0 spiro atoms. The Kier molecular flexibility index (Phi) is 3.69. The first-order valence-corrected chi connectivity index (χ1v) is 7.61. The van der Waals surface area contributed by atoms with E-state index in [1.165, 1.54) is 18.4 Å².